The molecule has 22 heteroatoms. The number of halogens is 6. The fourth-order valence-corrected chi connectivity index (χ4v) is 6.97. The van der Waals surface area contributed by atoms with Gasteiger partial charge < -0.3 is 34.7 Å². The predicted octanol–water partition coefficient (Wildman–Crippen LogP) is 12.1. The van der Waals surface area contributed by atoms with Gasteiger partial charge in [0.25, 0.3) is 0 Å². The van der Waals surface area contributed by atoms with Crippen LogP contribution in [-0.4, -0.2) is 80.3 Å². The number of alkyl carbamates (subject to hydrolysis) is 1. The van der Waals surface area contributed by atoms with E-state index in [4.69, 9.17) is 29.4 Å². The first-order valence-corrected chi connectivity index (χ1v) is 22.7. The van der Waals surface area contributed by atoms with Gasteiger partial charge in [0.1, 0.15) is 30.3 Å². The van der Waals surface area contributed by atoms with E-state index in [-0.39, 0.29) is 77.4 Å². The number of carbonyl (C=O) groups excluding carboxylic acids is 3. The minimum absolute atomic E-state index is 0.0624. The Morgan fingerprint density at radius 2 is 1.00 bits per heavy atom. The summed E-state index contributed by atoms with van der Waals surface area (Å²) in [6.45, 7) is 22.8. The van der Waals surface area contributed by atoms with Crippen molar-refractivity contribution in [2.24, 2.45) is 17.6 Å². The zero-order chi connectivity index (χ0) is 53.7. The number of hydrogen-bond donors (Lipinski definition) is 4. The molecule has 0 saturated carbocycles. The number of carbonyl (C=O) groups is 3. The Bertz CT molecular complexity index is 2410. The van der Waals surface area contributed by atoms with Crippen molar-refractivity contribution in [1.82, 2.24) is 25.3 Å². The van der Waals surface area contributed by atoms with Gasteiger partial charge in [0.15, 0.2) is 0 Å². The second-order valence-corrected chi connectivity index (χ2v) is 19.7. The molecule has 3 amide bonds. The number of nitrogens with one attached hydrogen (secondary N) is 3. The van der Waals surface area contributed by atoms with Crippen LogP contribution in [0.25, 0.3) is 22.5 Å². The summed E-state index contributed by atoms with van der Waals surface area (Å²) in [6.07, 6.45) is -8.68. The summed E-state index contributed by atoms with van der Waals surface area (Å²) in [5.41, 5.74) is 2.35. The van der Waals surface area contributed by atoms with Crippen LogP contribution < -0.4 is 31.2 Å². The molecule has 0 radical (unpaired) electrons. The topological polar surface area (TPSA) is 211 Å². The molecule has 71 heavy (non-hydrogen) atoms. The van der Waals surface area contributed by atoms with Crippen molar-refractivity contribution in [3.8, 4) is 34.0 Å². The van der Waals surface area contributed by atoms with Crippen molar-refractivity contribution in [1.29, 1.82) is 0 Å². The monoisotopic (exact) mass is 1010 g/mol. The molecule has 4 aromatic rings. The van der Waals surface area contributed by atoms with Crippen molar-refractivity contribution in [3.05, 3.63) is 72.1 Å². The number of amides is 3. The summed E-state index contributed by atoms with van der Waals surface area (Å²) in [5.74, 6) is -0.540. The standard InChI is InChI=1S/C27H37F3N4O5.C22H29F3N4O3/c1-16(2)14-26(8,34-24(36)39-25(5,6)7)15-37-21-10-9-18(13-19(21)27(28,29)30)20-11-12-31-22(32-20)33-23(35)38-17(3)4;1-13(2)11-21(5,26)12-31-18-7-6-15(10-16(18)22(23,24)25)17-8-9-27-19(28-17)29-20(30)32-14(3)4/h9-13,16-17H,14-15H2,1-8H3,(H,34,36)(H,31,32,33,35);6-10,13-14H,11-12,26H2,1-5H3,(H,27,28,29,30)/t26-;21-/m00/s1. The SMILES string of the molecule is CC(C)C[C@@](C)(COc1ccc(-c2ccnc(NC(=O)OC(C)C)n2)cc1C(F)(F)F)NC(=O)OC(C)(C)C.CC(C)C[C@](C)(N)COc1ccc(-c2ccnc(NC(=O)OC(C)C)n2)cc1C(F)(F)F. The van der Waals surface area contributed by atoms with E-state index >= 15 is 0 Å². The molecule has 392 valence electrons. The van der Waals surface area contributed by atoms with Gasteiger partial charge >= 0.3 is 30.6 Å². The predicted molar refractivity (Wildman–Crippen MR) is 256 cm³/mol. The molecule has 0 aliphatic heterocycles. The van der Waals surface area contributed by atoms with Crippen molar-refractivity contribution in [2.45, 2.75) is 144 Å². The fraction of sp³-hybridized carbons (Fsp3) is 0.531. The molecular weight excluding hydrogens is 943 g/mol. The maximum absolute atomic E-state index is 14.1. The lowest BCUT2D eigenvalue weighted by Gasteiger charge is -2.33. The number of benzene rings is 2. The molecule has 2 atom stereocenters. The molecule has 2 aromatic heterocycles. The number of nitrogens with zero attached hydrogens (tertiary/aromatic N) is 4. The highest BCUT2D eigenvalue weighted by Gasteiger charge is 2.38. The molecule has 16 nitrogen and oxygen atoms in total. The van der Waals surface area contributed by atoms with Crippen LogP contribution in [-0.2, 0) is 26.6 Å². The highest BCUT2D eigenvalue weighted by molar-refractivity contribution is 5.83. The summed E-state index contributed by atoms with van der Waals surface area (Å²) >= 11 is 0. The minimum Gasteiger partial charge on any atom is -0.491 e. The van der Waals surface area contributed by atoms with Crippen LogP contribution in [0.1, 0.15) is 114 Å². The number of rotatable bonds is 17. The van der Waals surface area contributed by atoms with E-state index in [1.165, 1.54) is 48.8 Å². The lowest BCUT2D eigenvalue weighted by atomic mass is 9.91. The van der Waals surface area contributed by atoms with E-state index in [1.54, 1.807) is 62.3 Å². The summed E-state index contributed by atoms with van der Waals surface area (Å²) in [5, 5.41) is 7.45. The molecule has 0 aliphatic carbocycles. The second kappa shape index (κ2) is 24.6. The first-order valence-electron chi connectivity index (χ1n) is 22.7. The number of alkyl halides is 6. The molecule has 5 N–H and O–H groups in total. The first-order chi connectivity index (χ1) is 32.6. The van der Waals surface area contributed by atoms with Crippen LogP contribution in [0.3, 0.4) is 0 Å². The normalized spacial score (nSPS) is 13.6. The van der Waals surface area contributed by atoms with Crippen molar-refractivity contribution < 1.29 is 64.4 Å². The average molecular weight is 1010 g/mol. The zero-order valence-corrected chi connectivity index (χ0v) is 42.3. The molecule has 0 unspecified atom stereocenters. The van der Waals surface area contributed by atoms with Gasteiger partial charge in [-0.15, -0.1) is 0 Å². The minimum atomic E-state index is -4.74. The zero-order valence-electron chi connectivity index (χ0n) is 42.3. The van der Waals surface area contributed by atoms with Crippen molar-refractivity contribution in [2.75, 3.05) is 23.8 Å². The van der Waals surface area contributed by atoms with Crippen LogP contribution in [0, 0.1) is 11.8 Å². The third kappa shape index (κ3) is 20.8. The number of anilines is 2. The maximum atomic E-state index is 14.1. The molecule has 0 fully saturated rings. The van der Waals surface area contributed by atoms with Gasteiger partial charge in [-0.05, 0) is 136 Å². The molecule has 4 rings (SSSR count). The largest absolute Gasteiger partial charge is 0.491 e. The van der Waals surface area contributed by atoms with Gasteiger partial charge in [-0.1, -0.05) is 27.7 Å². The maximum Gasteiger partial charge on any atom is 0.419 e. The number of ether oxygens (including phenoxy) is 5. The number of aromatic nitrogens is 4. The third-order valence-corrected chi connectivity index (χ3v) is 9.23. The molecule has 0 spiro atoms. The summed E-state index contributed by atoms with van der Waals surface area (Å²) < 4.78 is 110. The highest BCUT2D eigenvalue weighted by atomic mass is 19.4. The molecular formula is C49H66F6N8O8. The molecule has 0 aliphatic rings. The lowest BCUT2D eigenvalue weighted by molar-refractivity contribution is -0.139. The van der Waals surface area contributed by atoms with Crippen molar-refractivity contribution >= 4 is 30.2 Å². The Labute approximate surface area is 410 Å². The van der Waals surface area contributed by atoms with Gasteiger partial charge in [-0.3, -0.25) is 10.6 Å². The Balaban J connectivity index is 0.000000383. The van der Waals surface area contributed by atoms with Crippen LogP contribution in [0.15, 0.2) is 60.9 Å². The Hall–Kier alpha value is -6.45. The van der Waals surface area contributed by atoms with Crippen LogP contribution in [0.2, 0.25) is 0 Å². The van der Waals surface area contributed by atoms with E-state index in [2.05, 4.69) is 35.9 Å². The van der Waals surface area contributed by atoms with E-state index in [9.17, 15) is 40.7 Å². The second-order valence-electron chi connectivity index (χ2n) is 19.7. The first kappa shape index (κ1) is 58.9. The average Bonchev–Trinajstić information content (AvgIpc) is 3.19. The molecule has 2 aromatic carbocycles. The fourth-order valence-electron chi connectivity index (χ4n) is 6.97. The summed E-state index contributed by atoms with van der Waals surface area (Å²) in [6, 6.07) is 10.0. The van der Waals surface area contributed by atoms with E-state index in [1.807, 2.05) is 27.7 Å². The Kier molecular flexibility index (Phi) is 20.4. The Morgan fingerprint density at radius 3 is 1.37 bits per heavy atom. The lowest BCUT2D eigenvalue weighted by Crippen LogP contribution is -2.52. The van der Waals surface area contributed by atoms with Gasteiger partial charge in [-0.2, -0.15) is 26.3 Å². The van der Waals surface area contributed by atoms with Gasteiger partial charge in [0.2, 0.25) is 11.9 Å². The van der Waals surface area contributed by atoms with Crippen LogP contribution in [0.5, 0.6) is 11.5 Å². The number of nitrogens with two attached hydrogens (primary N) is 1. The van der Waals surface area contributed by atoms with E-state index in [0.29, 0.717) is 12.8 Å². The molecule has 2 heterocycles. The quantitative estimate of drug-likeness (QED) is 0.0573. The van der Waals surface area contributed by atoms with Crippen LogP contribution >= 0.6 is 0 Å². The molecule has 0 bridgehead atoms. The number of hydrogen-bond acceptors (Lipinski definition) is 13. The van der Waals surface area contributed by atoms with Gasteiger partial charge in [0.05, 0.1) is 40.3 Å². The van der Waals surface area contributed by atoms with E-state index in [0.717, 1.165) is 12.1 Å². The van der Waals surface area contributed by atoms with Crippen molar-refractivity contribution in [3.63, 3.8) is 0 Å². The summed E-state index contributed by atoms with van der Waals surface area (Å²) in [7, 11) is 0. The smallest absolute Gasteiger partial charge is 0.419 e. The summed E-state index contributed by atoms with van der Waals surface area (Å²) in [4.78, 5) is 52.1. The third-order valence-electron chi connectivity index (χ3n) is 9.23. The Morgan fingerprint density at radius 1 is 0.592 bits per heavy atom. The van der Waals surface area contributed by atoms with Gasteiger partial charge in [-0.25, -0.2) is 34.3 Å². The highest BCUT2D eigenvalue weighted by Crippen LogP contribution is 2.41. The van der Waals surface area contributed by atoms with Crippen LogP contribution in [0.4, 0.5) is 52.6 Å². The molecule has 0 saturated heterocycles. The van der Waals surface area contributed by atoms with Gasteiger partial charge in [0, 0.05) is 29.1 Å². The van der Waals surface area contributed by atoms with E-state index < -0.39 is 64.2 Å².